The number of hydrogen-bond acceptors (Lipinski definition) is 2. The molecule has 0 unspecified atom stereocenters. The van der Waals surface area contributed by atoms with Crippen molar-refractivity contribution in [2.75, 3.05) is 5.73 Å². The van der Waals surface area contributed by atoms with Gasteiger partial charge in [0.2, 0.25) is 0 Å². The van der Waals surface area contributed by atoms with Crippen LogP contribution in [-0.2, 0) is 6.61 Å². The van der Waals surface area contributed by atoms with Gasteiger partial charge in [-0.25, -0.2) is 0 Å². The summed E-state index contributed by atoms with van der Waals surface area (Å²) in [5.41, 5.74) is 7.18. The Morgan fingerprint density at radius 2 is 1.76 bits per heavy atom. The average molecular weight is 268 g/mol. The highest BCUT2D eigenvalue weighted by molar-refractivity contribution is 6.32. The van der Waals surface area contributed by atoms with E-state index >= 15 is 0 Å². The Balaban J connectivity index is 2.12. The van der Waals surface area contributed by atoms with Gasteiger partial charge in [-0.15, -0.1) is 0 Å². The molecule has 2 rings (SSSR count). The minimum absolute atomic E-state index is 0.341. The van der Waals surface area contributed by atoms with E-state index in [1.807, 2.05) is 18.2 Å². The highest BCUT2D eigenvalue weighted by Crippen LogP contribution is 2.26. The zero-order chi connectivity index (χ0) is 12.3. The number of nitrogen functional groups attached to an aromatic ring is 1. The fourth-order valence-corrected chi connectivity index (χ4v) is 1.78. The Morgan fingerprint density at radius 3 is 2.53 bits per heavy atom. The topological polar surface area (TPSA) is 35.2 Å². The molecule has 17 heavy (non-hydrogen) atoms. The third-order valence-corrected chi connectivity index (χ3v) is 2.97. The van der Waals surface area contributed by atoms with Crippen LogP contribution >= 0.6 is 23.2 Å². The van der Waals surface area contributed by atoms with E-state index in [2.05, 4.69) is 0 Å². The minimum atomic E-state index is 0.341. The van der Waals surface area contributed by atoms with Crippen molar-refractivity contribution < 1.29 is 4.74 Å². The molecule has 0 spiro atoms. The van der Waals surface area contributed by atoms with Crippen LogP contribution in [0.5, 0.6) is 5.75 Å². The number of para-hydroxylation sites is 1. The maximum atomic E-state index is 6.03. The molecule has 0 fully saturated rings. The molecule has 88 valence electrons. The highest BCUT2D eigenvalue weighted by Gasteiger charge is 2.04. The van der Waals surface area contributed by atoms with Gasteiger partial charge >= 0.3 is 0 Å². The zero-order valence-electron chi connectivity index (χ0n) is 8.99. The number of hydrogen-bond donors (Lipinski definition) is 1. The lowest BCUT2D eigenvalue weighted by atomic mass is 10.2. The molecule has 0 aliphatic heterocycles. The Kier molecular flexibility index (Phi) is 3.77. The predicted molar refractivity (Wildman–Crippen MR) is 71.6 cm³/mol. The van der Waals surface area contributed by atoms with Crippen molar-refractivity contribution in [3.63, 3.8) is 0 Å². The zero-order valence-corrected chi connectivity index (χ0v) is 10.5. The molecule has 0 aliphatic carbocycles. The molecule has 0 saturated carbocycles. The standard InChI is InChI=1S/C13H11Cl2NO/c14-11-6-5-10(16)7-9(11)8-17-13-4-2-1-3-12(13)15/h1-7H,8,16H2. The van der Waals surface area contributed by atoms with E-state index in [0.717, 1.165) is 5.56 Å². The SMILES string of the molecule is Nc1ccc(Cl)c(COc2ccccc2Cl)c1. The predicted octanol–water partition coefficient (Wildman–Crippen LogP) is 4.15. The average Bonchev–Trinajstić information content (AvgIpc) is 2.32. The summed E-state index contributed by atoms with van der Waals surface area (Å²) in [5, 5.41) is 1.21. The van der Waals surface area contributed by atoms with Gasteiger partial charge in [0.05, 0.1) is 5.02 Å². The number of ether oxygens (including phenoxy) is 1. The van der Waals surface area contributed by atoms with Gasteiger partial charge in [0, 0.05) is 16.3 Å². The summed E-state index contributed by atoms with van der Waals surface area (Å²) in [6, 6.07) is 12.6. The van der Waals surface area contributed by atoms with E-state index in [-0.39, 0.29) is 0 Å². The summed E-state index contributed by atoms with van der Waals surface area (Å²) in [6.07, 6.45) is 0. The van der Waals surface area contributed by atoms with Crippen LogP contribution in [-0.4, -0.2) is 0 Å². The molecule has 0 saturated heterocycles. The largest absolute Gasteiger partial charge is 0.487 e. The molecule has 2 aromatic carbocycles. The number of rotatable bonds is 3. The third-order valence-electron chi connectivity index (χ3n) is 2.29. The van der Waals surface area contributed by atoms with Gasteiger partial charge < -0.3 is 10.5 Å². The molecule has 0 aliphatic rings. The first kappa shape index (κ1) is 12.1. The third kappa shape index (κ3) is 3.05. The maximum absolute atomic E-state index is 6.03. The summed E-state index contributed by atoms with van der Waals surface area (Å²) < 4.78 is 5.59. The van der Waals surface area contributed by atoms with Crippen LogP contribution in [0.25, 0.3) is 0 Å². The van der Waals surface area contributed by atoms with Crippen LogP contribution in [0.1, 0.15) is 5.56 Å². The van der Waals surface area contributed by atoms with Gasteiger partial charge in [0.1, 0.15) is 12.4 Å². The van der Waals surface area contributed by atoms with Gasteiger partial charge in [-0.1, -0.05) is 35.3 Å². The van der Waals surface area contributed by atoms with Crippen LogP contribution in [0, 0.1) is 0 Å². The van der Waals surface area contributed by atoms with E-state index in [0.29, 0.717) is 28.1 Å². The molecule has 2 N–H and O–H groups in total. The van der Waals surface area contributed by atoms with Crippen LogP contribution in [0.4, 0.5) is 5.69 Å². The summed E-state index contributed by atoms with van der Waals surface area (Å²) in [5.74, 6) is 0.632. The van der Waals surface area contributed by atoms with Crippen LogP contribution < -0.4 is 10.5 Å². The van der Waals surface area contributed by atoms with E-state index < -0.39 is 0 Å². The summed E-state index contributed by atoms with van der Waals surface area (Å²) >= 11 is 12.0. The smallest absolute Gasteiger partial charge is 0.138 e. The molecule has 0 bridgehead atoms. The fourth-order valence-electron chi connectivity index (χ4n) is 1.42. The number of benzene rings is 2. The van der Waals surface area contributed by atoms with E-state index in [1.165, 1.54) is 0 Å². The molecule has 0 atom stereocenters. The molecular weight excluding hydrogens is 257 g/mol. The van der Waals surface area contributed by atoms with Crippen molar-refractivity contribution in [3.8, 4) is 5.75 Å². The normalized spacial score (nSPS) is 10.2. The lowest BCUT2D eigenvalue weighted by Gasteiger charge is -2.09. The van der Waals surface area contributed by atoms with E-state index in [9.17, 15) is 0 Å². The van der Waals surface area contributed by atoms with Gasteiger partial charge in [0.25, 0.3) is 0 Å². The van der Waals surface area contributed by atoms with Crippen molar-refractivity contribution in [1.29, 1.82) is 0 Å². The first-order valence-corrected chi connectivity index (χ1v) is 5.83. The van der Waals surface area contributed by atoms with Crippen molar-refractivity contribution in [2.24, 2.45) is 0 Å². The molecular formula is C13H11Cl2NO. The summed E-state index contributed by atoms with van der Waals surface area (Å²) in [4.78, 5) is 0. The van der Waals surface area contributed by atoms with Crippen LogP contribution in [0.15, 0.2) is 42.5 Å². The van der Waals surface area contributed by atoms with Crippen LogP contribution in [0.3, 0.4) is 0 Å². The molecule has 2 aromatic rings. The highest BCUT2D eigenvalue weighted by atomic mass is 35.5. The quantitative estimate of drug-likeness (QED) is 0.848. The number of anilines is 1. The van der Waals surface area contributed by atoms with Gasteiger partial charge in [-0.3, -0.25) is 0 Å². The summed E-state index contributed by atoms with van der Waals surface area (Å²) in [6.45, 7) is 0.341. The molecule has 4 heteroatoms. The number of nitrogens with two attached hydrogens (primary N) is 1. The second-order valence-electron chi connectivity index (χ2n) is 3.57. The van der Waals surface area contributed by atoms with Gasteiger partial charge in [-0.2, -0.15) is 0 Å². The van der Waals surface area contributed by atoms with Gasteiger partial charge in [-0.05, 0) is 30.3 Å². The first-order valence-electron chi connectivity index (χ1n) is 5.08. The van der Waals surface area contributed by atoms with E-state index in [4.69, 9.17) is 33.7 Å². The van der Waals surface area contributed by atoms with Crippen molar-refractivity contribution >= 4 is 28.9 Å². The fraction of sp³-hybridized carbons (Fsp3) is 0.0769. The molecule has 2 nitrogen and oxygen atoms in total. The number of halogens is 2. The molecule has 0 amide bonds. The Hall–Kier alpha value is -1.38. The van der Waals surface area contributed by atoms with Crippen molar-refractivity contribution in [1.82, 2.24) is 0 Å². The second kappa shape index (κ2) is 5.30. The van der Waals surface area contributed by atoms with Crippen LogP contribution in [0.2, 0.25) is 10.0 Å². The molecule has 0 aromatic heterocycles. The van der Waals surface area contributed by atoms with Crippen molar-refractivity contribution in [2.45, 2.75) is 6.61 Å². The monoisotopic (exact) mass is 267 g/mol. The first-order chi connectivity index (χ1) is 8.16. The lowest BCUT2D eigenvalue weighted by Crippen LogP contribution is -1.98. The molecule has 0 heterocycles. The lowest BCUT2D eigenvalue weighted by molar-refractivity contribution is 0.306. The van der Waals surface area contributed by atoms with Crippen molar-refractivity contribution in [3.05, 3.63) is 58.1 Å². The van der Waals surface area contributed by atoms with E-state index in [1.54, 1.807) is 24.3 Å². The Morgan fingerprint density at radius 1 is 1.00 bits per heavy atom. The molecule has 0 radical (unpaired) electrons. The Bertz CT molecular complexity index is 529. The Labute approximate surface area is 110 Å². The summed E-state index contributed by atoms with van der Waals surface area (Å²) in [7, 11) is 0. The minimum Gasteiger partial charge on any atom is -0.487 e. The maximum Gasteiger partial charge on any atom is 0.138 e. The van der Waals surface area contributed by atoms with Gasteiger partial charge in [0.15, 0.2) is 0 Å². The second-order valence-corrected chi connectivity index (χ2v) is 4.38.